The molecule has 4 unspecified atom stereocenters. The van der Waals surface area contributed by atoms with Crippen molar-refractivity contribution in [2.75, 3.05) is 13.2 Å². The largest absolute Gasteiger partial charge is 0.395 e. The maximum absolute atomic E-state index is 9.42. The summed E-state index contributed by atoms with van der Waals surface area (Å²) in [5.41, 5.74) is -1.98. The molecule has 0 aromatic heterocycles. The molecule has 4 atom stereocenters. The Bertz CT molecular complexity index is 229. The van der Waals surface area contributed by atoms with Crippen LogP contribution in [0.2, 0.25) is 0 Å². The Morgan fingerprint density at radius 1 is 1.54 bits per heavy atom. The summed E-state index contributed by atoms with van der Waals surface area (Å²) in [5.74, 6) is 0. The summed E-state index contributed by atoms with van der Waals surface area (Å²) < 4.78 is 0. The van der Waals surface area contributed by atoms with Gasteiger partial charge in [0.2, 0.25) is 0 Å². The second kappa shape index (κ2) is 3.57. The first kappa shape index (κ1) is 10.4. The quantitative estimate of drug-likeness (QED) is 0.279. The molecule has 0 aromatic carbocycles. The van der Waals surface area contributed by atoms with Crippen LogP contribution in [0.15, 0.2) is 0 Å². The van der Waals surface area contributed by atoms with Gasteiger partial charge in [0, 0.05) is 6.54 Å². The molecule has 0 spiro atoms. The fraction of sp³-hybridized carbons (Fsp3) is 0.857. The first-order valence-electron chi connectivity index (χ1n) is 3.89. The lowest BCUT2D eigenvalue weighted by Gasteiger charge is -2.39. The van der Waals surface area contributed by atoms with E-state index in [9.17, 15) is 15.3 Å². The van der Waals surface area contributed by atoms with Crippen molar-refractivity contribution in [3.05, 3.63) is 0 Å². The fourth-order valence-corrected chi connectivity index (χ4v) is 1.29. The molecular weight excluding hydrogens is 176 g/mol. The number of nitrogens with one attached hydrogen (secondary N) is 1. The van der Waals surface area contributed by atoms with E-state index >= 15 is 0 Å². The third kappa shape index (κ3) is 1.65. The second-order valence-corrected chi connectivity index (χ2v) is 3.14. The van der Waals surface area contributed by atoms with Crippen LogP contribution < -0.4 is 5.32 Å². The molecule has 1 rings (SSSR count). The zero-order chi connectivity index (χ0) is 10.1. The molecular formula is C7H12N2O4. The Balaban J connectivity index is 2.77. The van der Waals surface area contributed by atoms with E-state index in [4.69, 9.17) is 10.4 Å². The standard InChI is InChI=1S/C7H12N2O4/c8-2-7(13)3-9-4(1-10)5(11)6(7)12/h4-6,9-13H,1,3H2. The van der Waals surface area contributed by atoms with Crippen molar-refractivity contribution in [3.8, 4) is 6.07 Å². The molecule has 6 heteroatoms. The van der Waals surface area contributed by atoms with E-state index in [1.165, 1.54) is 6.07 Å². The van der Waals surface area contributed by atoms with Gasteiger partial charge in [0.1, 0.15) is 18.3 Å². The van der Waals surface area contributed by atoms with Crippen LogP contribution in [0.5, 0.6) is 0 Å². The van der Waals surface area contributed by atoms with Crippen LogP contribution in [0.3, 0.4) is 0 Å². The molecule has 1 fully saturated rings. The molecule has 0 saturated carbocycles. The maximum atomic E-state index is 9.42. The molecule has 5 N–H and O–H groups in total. The van der Waals surface area contributed by atoms with E-state index in [1.807, 2.05) is 0 Å². The lowest BCUT2D eigenvalue weighted by Crippen LogP contribution is -2.66. The molecule has 0 aliphatic carbocycles. The number of aliphatic hydroxyl groups is 4. The van der Waals surface area contributed by atoms with Crippen molar-refractivity contribution >= 4 is 0 Å². The van der Waals surface area contributed by atoms with Crippen LogP contribution in [0.4, 0.5) is 0 Å². The van der Waals surface area contributed by atoms with Crippen LogP contribution in [0.25, 0.3) is 0 Å². The van der Waals surface area contributed by atoms with E-state index in [1.54, 1.807) is 0 Å². The maximum Gasteiger partial charge on any atom is 0.192 e. The second-order valence-electron chi connectivity index (χ2n) is 3.14. The fourth-order valence-electron chi connectivity index (χ4n) is 1.29. The van der Waals surface area contributed by atoms with E-state index in [2.05, 4.69) is 5.32 Å². The van der Waals surface area contributed by atoms with Crippen LogP contribution in [-0.4, -0.2) is 57.4 Å². The molecule has 1 heterocycles. The predicted octanol–water partition coefficient (Wildman–Crippen LogP) is -3.07. The minimum Gasteiger partial charge on any atom is -0.395 e. The SMILES string of the molecule is N#CC1(O)CNC(CO)C(O)C1O. The van der Waals surface area contributed by atoms with Crippen molar-refractivity contribution in [1.29, 1.82) is 5.26 Å². The molecule has 13 heavy (non-hydrogen) atoms. The van der Waals surface area contributed by atoms with E-state index in [0.29, 0.717) is 0 Å². The summed E-state index contributed by atoms with van der Waals surface area (Å²) in [4.78, 5) is 0. The number of hydrogen-bond donors (Lipinski definition) is 5. The van der Waals surface area contributed by atoms with Gasteiger partial charge in [0.15, 0.2) is 5.60 Å². The molecule has 74 valence electrons. The highest BCUT2D eigenvalue weighted by atomic mass is 16.4. The molecule has 1 aliphatic heterocycles. The van der Waals surface area contributed by atoms with Crippen LogP contribution in [0, 0.1) is 11.3 Å². The van der Waals surface area contributed by atoms with Gasteiger partial charge in [0.25, 0.3) is 0 Å². The normalized spacial score (nSPS) is 45.6. The van der Waals surface area contributed by atoms with Gasteiger partial charge in [-0.15, -0.1) is 0 Å². The average molecular weight is 188 g/mol. The number of hydrogen-bond acceptors (Lipinski definition) is 6. The van der Waals surface area contributed by atoms with Gasteiger partial charge in [-0.25, -0.2) is 0 Å². The van der Waals surface area contributed by atoms with Crippen molar-refractivity contribution in [2.45, 2.75) is 23.9 Å². The Morgan fingerprint density at radius 2 is 2.15 bits per heavy atom. The van der Waals surface area contributed by atoms with Crippen molar-refractivity contribution < 1.29 is 20.4 Å². The van der Waals surface area contributed by atoms with E-state index in [-0.39, 0.29) is 13.2 Å². The summed E-state index contributed by atoms with van der Waals surface area (Å²) in [6, 6.07) is 0.802. The van der Waals surface area contributed by atoms with Crippen molar-refractivity contribution in [1.82, 2.24) is 5.32 Å². The first-order valence-corrected chi connectivity index (χ1v) is 3.89. The van der Waals surface area contributed by atoms with E-state index in [0.717, 1.165) is 0 Å². The molecule has 0 bridgehead atoms. The summed E-state index contributed by atoms with van der Waals surface area (Å²) in [6.45, 7) is -0.535. The topological polar surface area (TPSA) is 117 Å². The molecule has 6 nitrogen and oxygen atoms in total. The lowest BCUT2D eigenvalue weighted by atomic mass is 9.86. The van der Waals surface area contributed by atoms with Crippen molar-refractivity contribution in [3.63, 3.8) is 0 Å². The van der Waals surface area contributed by atoms with Crippen LogP contribution >= 0.6 is 0 Å². The number of nitriles is 1. The number of β-amino-alcohol motifs (C(OH)–C–C–N with tert-alkyl or cyclic N) is 1. The summed E-state index contributed by atoms with van der Waals surface area (Å²) in [7, 11) is 0. The summed E-state index contributed by atoms with van der Waals surface area (Å²) in [6.07, 6.45) is -2.90. The van der Waals surface area contributed by atoms with Crippen LogP contribution in [-0.2, 0) is 0 Å². The Morgan fingerprint density at radius 3 is 2.62 bits per heavy atom. The Kier molecular flexibility index (Phi) is 2.85. The Hall–Kier alpha value is -0.710. The molecule has 1 saturated heterocycles. The van der Waals surface area contributed by atoms with Gasteiger partial charge >= 0.3 is 0 Å². The average Bonchev–Trinajstić information content (AvgIpc) is 2.15. The van der Waals surface area contributed by atoms with Crippen molar-refractivity contribution in [2.24, 2.45) is 0 Å². The number of nitrogens with zero attached hydrogens (tertiary/aromatic N) is 1. The molecule has 0 aromatic rings. The highest BCUT2D eigenvalue weighted by Crippen LogP contribution is 2.19. The molecule has 0 amide bonds. The minimum absolute atomic E-state index is 0.174. The highest BCUT2D eigenvalue weighted by molar-refractivity contribution is 5.13. The highest BCUT2D eigenvalue weighted by Gasteiger charge is 2.47. The number of rotatable bonds is 1. The number of aliphatic hydroxyl groups excluding tert-OH is 3. The minimum atomic E-state index is -1.98. The third-order valence-electron chi connectivity index (χ3n) is 2.25. The monoisotopic (exact) mass is 188 g/mol. The molecule has 1 aliphatic rings. The van der Waals surface area contributed by atoms with Gasteiger partial charge in [0.05, 0.1) is 12.6 Å². The summed E-state index contributed by atoms with van der Waals surface area (Å²) >= 11 is 0. The first-order chi connectivity index (χ1) is 6.05. The number of piperidine rings is 1. The van der Waals surface area contributed by atoms with Gasteiger partial charge in [-0.3, -0.25) is 0 Å². The van der Waals surface area contributed by atoms with E-state index < -0.39 is 23.9 Å². The van der Waals surface area contributed by atoms with Gasteiger partial charge in [-0.05, 0) is 0 Å². The predicted molar refractivity (Wildman–Crippen MR) is 41.5 cm³/mol. The Labute approximate surface area is 75.0 Å². The smallest absolute Gasteiger partial charge is 0.192 e. The lowest BCUT2D eigenvalue weighted by molar-refractivity contribution is -0.132. The van der Waals surface area contributed by atoms with Gasteiger partial charge in [-0.2, -0.15) is 5.26 Å². The third-order valence-corrected chi connectivity index (χ3v) is 2.25. The zero-order valence-electron chi connectivity index (χ0n) is 6.88. The summed E-state index contributed by atoms with van der Waals surface area (Å²) in [5, 5.41) is 47.9. The van der Waals surface area contributed by atoms with Crippen LogP contribution in [0.1, 0.15) is 0 Å². The zero-order valence-corrected chi connectivity index (χ0v) is 6.88. The molecule has 0 radical (unpaired) electrons. The van der Waals surface area contributed by atoms with Gasteiger partial charge in [-0.1, -0.05) is 0 Å². The van der Waals surface area contributed by atoms with Gasteiger partial charge < -0.3 is 25.7 Å².